The normalized spacial score (nSPS) is 14.8. The fourth-order valence-electron chi connectivity index (χ4n) is 2.85. The van der Waals surface area contributed by atoms with Gasteiger partial charge in [0.2, 0.25) is 5.95 Å². The topological polar surface area (TPSA) is 63.1 Å². The molecule has 1 aliphatic rings. The zero-order chi connectivity index (χ0) is 16.9. The highest BCUT2D eigenvalue weighted by Crippen LogP contribution is 2.12. The van der Waals surface area contributed by atoms with Crippen molar-refractivity contribution in [1.82, 2.24) is 19.7 Å². The summed E-state index contributed by atoms with van der Waals surface area (Å²) in [5, 5.41) is 7.00. The molecule has 1 aromatic carbocycles. The predicted molar refractivity (Wildman–Crippen MR) is 93.8 cm³/mol. The van der Waals surface area contributed by atoms with Gasteiger partial charge in [-0.25, -0.2) is 0 Å². The van der Waals surface area contributed by atoms with Gasteiger partial charge in [0.15, 0.2) is 0 Å². The Balaban J connectivity index is 1.68. The molecular formula is C18H23N5O. The van der Waals surface area contributed by atoms with Crippen molar-refractivity contribution < 1.29 is 4.79 Å². The predicted octanol–water partition coefficient (Wildman–Crippen LogP) is 2.39. The van der Waals surface area contributed by atoms with Crippen LogP contribution in [-0.2, 0) is 20.0 Å². The Hall–Kier alpha value is -2.47. The number of carbonyl (C=O) groups is 1. The minimum atomic E-state index is -0.177. The van der Waals surface area contributed by atoms with Gasteiger partial charge in [0.05, 0.1) is 0 Å². The maximum Gasteiger partial charge on any atom is 0.258 e. The smallest absolute Gasteiger partial charge is 0.258 e. The summed E-state index contributed by atoms with van der Waals surface area (Å²) in [6, 6.07) is 7.74. The number of anilines is 1. The number of nitrogens with zero attached hydrogens (tertiary/aromatic N) is 4. The maximum absolute atomic E-state index is 12.4. The standard InChI is InChI=1S/C18H23N5O/c1-3-16-19-18(21-22(16)2)20-17(24)15-9-7-8-14(12-15)13-23-10-5-4-6-11-23/h4-5,7-9,12H,3,6,10-11,13H2,1-2H3,(H,20,21,24). The molecule has 0 radical (unpaired) electrons. The number of amides is 1. The first kappa shape index (κ1) is 16.4. The molecule has 6 nitrogen and oxygen atoms in total. The molecule has 0 saturated carbocycles. The molecule has 0 saturated heterocycles. The molecule has 3 rings (SSSR count). The second-order valence-electron chi connectivity index (χ2n) is 5.98. The van der Waals surface area contributed by atoms with Crippen molar-refractivity contribution >= 4 is 11.9 Å². The summed E-state index contributed by atoms with van der Waals surface area (Å²) in [6.07, 6.45) is 6.27. The van der Waals surface area contributed by atoms with Crippen LogP contribution >= 0.6 is 0 Å². The molecule has 0 bridgehead atoms. The largest absolute Gasteiger partial charge is 0.295 e. The van der Waals surface area contributed by atoms with E-state index in [9.17, 15) is 4.79 Å². The van der Waals surface area contributed by atoms with Gasteiger partial charge in [0.1, 0.15) is 5.82 Å². The van der Waals surface area contributed by atoms with Crippen molar-refractivity contribution in [3.8, 4) is 0 Å². The van der Waals surface area contributed by atoms with Crippen LogP contribution in [-0.4, -0.2) is 38.7 Å². The Kier molecular flexibility index (Phi) is 5.05. The Labute approximate surface area is 142 Å². The maximum atomic E-state index is 12.4. The average molecular weight is 325 g/mol. The quantitative estimate of drug-likeness (QED) is 0.858. The van der Waals surface area contributed by atoms with E-state index in [1.807, 2.05) is 32.2 Å². The summed E-state index contributed by atoms with van der Waals surface area (Å²) in [5.41, 5.74) is 1.77. The molecule has 2 aromatic rings. The van der Waals surface area contributed by atoms with Crippen molar-refractivity contribution in [2.45, 2.75) is 26.3 Å². The number of aryl methyl sites for hydroxylation is 2. The first-order chi connectivity index (χ1) is 11.7. The Morgan fingerprint density at radius 1 is 1.33 bits per heavy atom. The van der Waals surface area contributed by atoms with Crippen LogP contribution in [0.5, 0.6) is 0 Å². The SMILES string of the molecule is CCc1nc(NC(=O)c2cccc(CN3CC=CCC3)c2)nn1C. The number of benzene rings is 1. The van der Waals surface area contributed by atoms with E-state index in [-0.39, 0.29) is 5.91 Å². The van der Waals surface area contributed by atoms with Gasteiger partial charge in [-0.05, 0) is 24.1 Å². The molecule has 1 aromatic heterocycles. The van der Waals surface area contributed by atoms with E-state index in [4.69, 9.17) is 0 Å². The molecule has 1 N–H and O–H groups in total. The Morgan fingerprint density at radius 3 is 2.92 bits per heavy atom. The Bertz CT molecular complexity index is 750. The lowest BCUT2D eigenvalue weighted by molar-refractivity contribution is 0.102. The van der Waals surface area contributed by atoms with Gasteiger partial charge >= 0.3 is 0 Å². The molecule has 0 unspecified atom stereocenters. The van der Waals surface area contributed by atoms with Crippen molar-refractivity contribution in [3.63, 3.8) is 0 Å². The van der Waals surface area contributed by atoms with Crippen molar-refractivity contribution in [1.29, 1.82) is 0 Å². The lowest BCUT2D eigenvalue weighted by Crippen LogP contribution is -2.26. The average Bonchev–Trinajstić information content (AvgIpc) is 2.95. The third-order valence-electron chi connectivity index (χ3n) is 4.13. The first-order valence-corrected chi connectivity index (χ1v) is 8.33. The van der Waals surface area contributed by atoms with Gasteiger partial charge in [-0.1, -0.05) is 31.2 Å². The van der Waals surface area contributed by atoms with Crippen molar-refractivity contribution in [3.05, 3.63) is 53.4 Å². The summed E-state index contributed by atoms with van der Waals surface area (Å²) in [4.78, 5) is 19.1. The van der Waals surface area contributed by atoms with Gasteiger partial charge < -0.3 is 0 Å². The fourth-order valence-corrected chi connectivity index (χ4v) is 2.85. The van der Waals surface area contributed by atoms with Crippen molar-refractivity contribution in [2.75, 3.05) is 18.4 Å². The van der Waals surface area contributed by atoms with Gasteiger partial charge in [-0.15, -0.1) is 5.10 Å². The van der Waals surface area contributed by atoms with Crippen LogP contribution in [0.1, 0.15) is 35.1 Å². The number of hydrogen-bond acceptors (Lipinski definition) is 4. The second-order valence-corrected chi connectivity index (χ2v) is 5.98. The monoisotopic (exact) mass is 325 g/mol. The van der Waals surface area contributed by atoms with Crippen LogP contribution in [0.4, 0.5) is 5.95 Å². The van der Waals surface area contributed by atoms with Gasteiger partial charge in [-0.3, -0.25) is 19.7 Å². The molecule has 0 fully saturated rings. The lowest BCUT2D eigenvalue weighted by atomic mass is 10.1. The summed E-state index contributed by atoms with van der Waals surface area (Å²) in [7, 11) is 1.83. The van der Waals surface area contributed by atoms with Crippen LogP contribution in [0.15, 0.2) is 36.4 Å². The number of carbonyl (C=O) groups excluding carboxylic acids is 1. The number of nitrogens with one attached hydrogen (secondary N) is 1. The highest BCUT2D eigenvalue weighted by molar-refractivity contribution is 6.03. The molecule has 0 atom stereocenters. The van der Waals surface area contributed by atoms with Crippen LogP contribution < -0.4 is 5.32 Å². The van der Waals surface area contributed by atoms with E-state index < -0.39 is 0 Å². The van der Waals surface area contributed by atoms with E-state index in [2.05, 4.69) is 38.5 Å². The number of rotatable bonds is 5. The summed E-state index contributed by atoms with van der Waals surface area (Å²) in [6.45, 7) is 4.89. The highest BCUT2D eigenvalue weighted by atomic mass is 16.1. The number of aromatic nitrogens is 3. The summed E-state index contributed by atoms with van der Waals surface area (Å²) >= 11 is 0. The fraction of sp³-hybridized carbons (Fsp3) is 0.389. The van der Waals surface area contributed by atoms with E-state index in [1.54, 1.807) is 4.68 Å². The van der Waals surface area contributed by atoms with Gasteiger partial charge in [0, 0.05) is 38.7 Å². The van der Waals surface area contributed by atoms with Crippen molar-refractivity contribution in [2.24, 2.45) is 7.05 Å². The van der Waals surface area contributed by atoms with E-state index in [0.29, 0.717) is 11.5 Å². The minimum absolute atomic E-state index is 0.177. The van der Waals surface area contributed by atoms with Crippen LogP contribution in [0.2, 0.25) is 0 Å². The van der Waals surface area contributed by atoms with Crippen LogP contribution in [0, 0.1) is 0 Å². The highest BCUT2D eigenvalue weighted by Gasteiger charge is 2.13. The molecule has 1 aliphatic heterocycles. The molecule has 0 aliphatic carbocycles. The minimum Gasteiger partial charge on any atom is -0.295 e. The number of hydrogen-bond donors (Lipinski definition) is 1. The second kappa shape index (κ2) is 7.40. The molecule has 1 amide bonds. The zero-order valence-electron chi connectivity index (χ0n) is 14.2. The molecular weight excluding hydrogens is 302 g/mol. The Morgan fingerprint density at radius 2 is 2.21 bits per heavy atom. The lowest BCUT2D eigenvalue weighted by Gasteiger charge is -2.23. The molecule has 6 heteroatoms. The van der Waals surface area contributed by atoms with E-state index >= 15 is 0 Å². The third kappa shape index (κ3) is 3.89. The third-order valence-corrected chi connectivity index (χ3v) is 4.13. The molecule has 2 heterocycles. The molecule has 24 heavy (non-hydrogen) atoms. The molecule has 0 spiro atoms. The summed E-state index contributed by atoms with van der Waals surface area (Å²) < 4.78 is 1.69. The van der Waals surface area contributed by atoms with Gasteiger partial charge in [-0.2, -0.15) is 4.98 Å². The first-order valence-electron chi connectivity index (χ1n) is 8.33. The van der Waals surface area contributed by atoms with E-state index in [0.717, 1.165) is 43.9 Å². The molecule has 126 valence electrons. The van der Waals surface area contributed by atoms with Gasteiger partial charge in [0.25, 0.3) is 5.91 Å². The van der Waals surface area contributed by atoms with E-state index in [1.165, 1.54) is 0 Å². The van der Waals surface area contributed by atoms with Crippen LogP contribution in [0.25, 0.3) is 0 Å². The summed E-state index contributed by atoms with van der Waals surface area (Å²) in [5.74, 6) is 1.02. The zero-order valence-corrected chi connectivity index (χ0v) is 14.2. The van der Waals surface area contributed by atoms with Crippen LogP contribution in [0.3, 0.4) is 0 Å².